The summed E-state index contributed by atoms with van der Waals surface area (Å²) >= 11 is 0. The Morgan fingerprint density at radius 2 is 1.76 bits per heavy atom. The summed E-state index contributed by atoms with van der Waals surface area (Å²) in [5, 5.41) is -0.640. The lowest BCUT2D eigenvalue weighted by Gasteiger charge is -2.32. The Hall–Kier alpha value is -1.17. The van der Waals surface area contributed by atoms with Gasteiger partial charge in [-0.3, -0.25) is 4.90 Å². The van der Waals surface area contributed by atoms with E-state index in [0.29, 0.717) is 4.90 Å². The van der Waals surface area contributed by atoms with Gasteiger partial charge in [-0.25, -0.2) is 8.42 Å². The van der Waals surface area contributed by atoms with Crippen LogP contribution in [0.1, 0.15) is 37.8 Å². The average Bonchev–Trinajstić information content (AvgIpc) is 2.49. The topological polar surface area (TPSA) is 63.4 Å². The molecule has 116 valence electrons. The SMILES string of the molecule is C=CC(N1CCCCC1)S(=O)(=O)c1ccc(C(C)N)cc1. The number of benzene rings is 1. The van der Waals surface area contributed by atoms with Crippen LogP contribution in [0.4, 0.5) is 0 Å². The zero-order valence-electron chi connectivity index (χ0n) is 12.5. The van der Waals surface area contributed by atoms with E-state index in [4.69, 9.17) is 5.73 Å². The predicted octanol–water partition coefficient (Wildman–Crippen LogP) is 2.48. The first-order valence-electron chi connectivity index (χ1n) is 7.43. The summed E-state index contributed by atoms with van der Waals surface area (Å²) in [6.45, 7) is 7.24. The molecular weight excluding hydrogens is 284 g/mol. The molecule has 1 aromatic rings. The van der Waals surface area contributed by atoms with E-state index in [1.165, 1.54) is 6.42 Å². The highest BCUT2D eigenvalue weighted by Gasteiger charge is 2.31. The third-order valence-corrected chi connectivity index (χ3v) is 6.06. The van der Waals surface area contributed by atoms with Gasteiger partial charge in [0.25, 0.3) is 0 Å². The number of hydrogen-bond acceptors (Lipinski definition) is 4. The van der Waals surface area contributed by atoms with Crippen LogP contribution in [0.5, 0.6) is 0 Å². The van der Waals surface area contributed by atoms with Gasteiger partial charge in [0.1, 0.15) is 5.37 Å². The summed E-state index contributed by atoms with van der Waals surface area (Å²) in [6, 6.07) is 6.77. The first kappa shape index (κ1) is 16.2. The normalized spacial score (nSPS) is 19.9. The van der Waals surface area contributed by atoms with Gasteiger partial charge in [-0.1, -0.05) is 24.6 Å². The van der Waals surface area contributed by atoms with Crippen molar-refractivity contribution >= 4 is 9.84 Å². The number of sulfone groups is 1. The number of piperidine rings is 1. The molecular formula is C16H24N2O2S. The van der Waals surface area contributed by atoms with Crippen LogP contribution in [0.2, 0.25) is 0 Å². The molecule has 0 amide bonds. The molecule has 0 spiro atoms. The van der Waals surface area contributed by atoms with Crippen molar-refractivity contribution in [3.05, 3.63) is 42.5 Å². The second kappa shape index (κ2) is 6.73. The lowest BCUT2D eigenvalue weighted by atomic mass is 10.1. The molecule has 1 fully saturated rings. The van der Waals surface area contributed by atoms with Crippen molar-refractivity contribution in [1.29, 1.82) is 0 Å². The van der Waals surface area contributed by atoms with Gasteiger partial charge in [-0.15, -0.1) is 6.58 Å². The van der Waals surface area contributed by atoms with Gasteiger partial charge < -0.3 is 5.73 Å². The smallest absolute Gasteiger partial charge is 0.198 e. The molecule has 0 radical (unpaired) electrons. The Bertz CT molecular complexity index is 573. The third-order valence-electron chi connectivity index (χ3n) is 4.00. The Kier molecular flexibility index (Phi) is 5.19. The molecule has 2 N–H and O–H groups in total. The van der Waals surface area contributed by atoms with Crippen LogP contribution in [-0.2, 0) is 9.84 Å². The summed E-state index contributed by atoms with van der Waals surface area (Å²) in [6.07, 6.45) is 4.80. The molecule has 5 heteroatoms. The predicted molar refractivity (Wildman–Crippen MR) is 85.6 cm³/mol. The zero-order valence-corrected chi connectivity index (χ0v) is 13.3. The fourth-order valence-electron chi connectivity index (χ4n) is 2.75. The van der Waals surface area contributed by atoms with Gasteiger partial charge in [-0.05, 0) is 50.6 Å². The molecule has 0 bridgehead atoms. The number of likely N-dealkylation sites (tertiary alicyclic amines) is 1. The molecule has 1 aliphatic rings. The van der Waals surface area contributed by atoms with Crippen molar-refractivity contribution in [3.63, 3.8) is 0 Å². The van der Waals surface area contributed by atoms with Crippen LogP contribution in [0.25, 0.3) is 0 Å². The Labute approximate surface area is 127 Å². The standard InChI is InChI=1S/C16H24N2O2S/c1-3-16(18-11-5-4-6-12-18)21(19,20)15-9-7-14(8-10-15)13(2)17/h3,7-10,13,16H,1,4-6,11-12,17H2,2H3. The van der Waals surface area contributed by atoms with Gasteiger partial charge in [0, 0.05) is 6.04 Å². The minimum absolute atomic E-state index is 0.0981. The third kappa shape index (κ3) is 3.54. The van der Waals surface area contributed by atoms with E-state index in [0.717, 1.165) is 31.5 Å². The van der Waals surface area contributed by atoms with E-state index < -0.39 is 15.2 Å². The molecule has 0 aromatic heterocycles. The van der Waals surface area contributed by atoms with E-state index in [1.54, 1.807) is 30.3 Å². The number of nitrogens with two attached hydrogens (primary N) is 1. The highest BCUT2D eigenvalue weighted by molar-refractivity contribution is 7.92. The van der Waals surface area contributed by atoms with Crippen LogP contribution in [0.15, 0.2) is 41.8 Å². The van der Waals surface area contributed by atoms with E-state index in [1.807, 2.05) is 11.8 Å². The fraction of sp³-hybridized carbons (Fsp3) is 0.500. The molecule has 1 aliphatic heterocycles. The fourth-order valence-corrected chi connectivity index (χ4v) is 4.40. The molecule has 2 unspecified atom stereocenters. The van der Waals surface area contributed by atoms with Crippen molar-refractivity contribution in [1.82, 2.24) is 4.90 Å². The summed E-state index contributed by atoms with van der Waals surface area (Å²) in [5.41, 5.74) is 6.73. The van der Waals surface area contributed by atoms with Gasteiger partial charge in [0.05, 0.1) is 4.90 Å². The average molecular weight is 308 g/mol. The molecule has 1 heterocycles. The van der Waals surface area contributed by atoms with Gasteiger partial charge in [-0.2, -0.15) is 0 Å². The lowest BCUT2D eigenvalue weighted by Crippen LogP contribution is -2.42. The minimum atomic E-state index is -3.43. The second-order valence-electron chi connectivity index (χ2n) is 5.63. The van der Waals surface area contributed by atoms with Crippen LogP contribution in [-0.4, -0.2) is 31.8 Å². The summed E-state index contributed by atoms with van der Waals surface area (Å²) in [5.74, 6) is 0. The quantitative estimate of drug-likeness (QED) is 0.849. The van der Waals surface area contributed by atoms with Gasteiger partial charge in [0.2, 0.25) is 0 Å². The van der Waals surface area contributed by atoms with Crippen molar-refractivity contribution in [3.8, 4) is 0 Å². The molecule has 1 aromatic carbocycles. The van der Waals surface area contributed by atoms with Gasteiger partial charge in [0.15, 0.2) is 9.84 Å². The largest absolute Gasteiger partial charge is 0.324 e. The maximum Gasteiger partial charge on any atom is 0.198 e. The van der Waals surface area contributed by atoms with E-state index in [2.05, 4.69) is 6.58 Å². The first-order chi connectivity index (χ1) is 9.96. The Balaban J connectivity index is 2.27. The lowest BCUT2D eigenvalue weighted by molar-refractivity contribution is 0.229. The number of rotatable bonds is 5. The van der Waals surface area contributed by atoms with Crippen molar-refractivity contribution in [2.75, 3.05) is 13.1 Å². The minimum Gasteiger partial charge on any atom is -0.324 e. The van der Waals surface area contributed by atoms with Crippen LogP contribution in [0.3, 0.4) is 0 Å². The van der Waals surface area contributed by atoms with Crippen LogP contribution >= 0.6 is 0 Å². The van der Waals surface area contributed by atoms with Crippen molar-refractivity contribution in [2.24, 2.45) is 5.73 Å². The maximum absolute atomic E-state index is 12.8. The molecule has 1 saturated heterocycles. The number of hydrogen-bond donors (Lipinski definition) is 1. The monoisotopic (exact) mass is 308 g/mol. The van der Waals surface area contributed by atoms with Crippen LogP contribution < -0.4 is 5.73 Å². The summed E-state index contributed by atoms with van der Waals surface area (Å²) in [4.78, 5) is 2.34. The Morgan fingerprint density at radius 3 is 2.24 bits per heavy atom. The molecule has 2 atom stereocenters. The second-order valence-corrected chi connectivity index (χ2v) is 7.67. The zero-order chi connectivity index (χ0) is 15.5. The van der Waals surface area contributed by atoms with E-state index in [9.17, 15) is 8.42 Å². The molecule has 21 heavy (non-hydrogen) atoms. The molecule has 2 rings (SSSR count). The molecule has 0 saturated carbocycles. The number of nitrogens with zero attached hydrogens (tertiary/aromatic N) is 1. The molecule has 4 nitrogen and oxygen atoms in total. The first-order valence-corrected chi connectivity index (χ1v) is 8.97. The summed E-state index contributed by atoms with van der Waals surface area (Å²) in [7, 11) is -3.43. The van der Waals surface area contributed by atoms with Crippen molar-refractivity contribution < 1.29 is 8.42 Å². The van der Waals surface area contributed by atoms with E-state index >= 15 is 0 Å². The highest BCUT2D eigenvalue weighted by atomic mass is 32.2. The van der Waals surface area contributed by atoms with E-state index in [-0.39, 0.29) is 6.04 Å². The molecule has 0 aliphatic carbocycles. The van der Waals surface area contributed by atoms with Crippen molar-refractivity contribution in [2.45, 2.75) is 42.5 Å². The Morgan fingerprint density at radius 1 is 1.19 bits per heavy atom. The maximum atomic E-state index is 12.8. The van der Waals surface area contributed by atoms with Gasteiger partial charge >= 0.3 is 0 Å². The van der Waals surface area contributed by atoms with Crippen LogP contribution in [0, 0.1) is 0 Å². The highest BCUT2D eigenvalue weighted by Crippen LogP contribution is 2.24. The summed E-state index contributed by atoms with van der Waals surface area (Å²) < 4.78 is 25.6.